The first-order valence-electron chi connectivity index (χ1n) is 7.04. The molecule has 0 unspecified atom stereocenters. The Bertz CT molecular complexity index is 351. The first-order chi connectivity index (χ1) is 7.89. The van der Waals surface area contributed by atoms with Gasteiger partial charge in [0.25, 0.3) is 0 Å². The Morgan fingerprint density at radius 3 is 2.71 bits per heavy atom. The second-order valence-corrected chi connectivity index (χ2v) is 7.13. The molecule has 0 radical (unpaired) electrons. The lowest BCUT2D eigenvalue weighted by atomic mass is 9.57. The number of hydrogen-bond donors (Lipinski definition) is 0. The van der Waals surface area contributed by atoms with E-state index in [4.69, 9.17) is 0 Å². The molecule has 0 aliphatic heterocycles. The van der Waals surface area contributed by atoms with Gasteiger partial charge in [-0.15, -0.1) is 0 Å². The Morgan fingerprint density at radius 1 is 1.35 bits per heavy atom. The van der Waals surface area contributed by atoms with Gasteiger partial charge in [0.1, 0.15) is 6.29 Å². The van der Waals surface area contributed by atoms with Crippen molar-refractivity contribution in [3.63, 3.8) is 0 Å². The second kappa shape index (κ2) is 4.26. The largest absolute Gasteiger partial charge is 0.303 e. The van der Waals surface area contributed by atoms with E-state index in [-0.39, 0.29) is 5.41 Å². The molecule has 2 aliphatic rings. The second-order valence-electron chi connectivity index (χ2n) is 7.13. The van der Waals surface area contributed by atoms with Gasteiger partial charge in [0.2, 0.25) is 0 Å². The molecule has 0 aromatic heterocycles. The van der Waals surface area contributed by atoms with Crippen molar-refractivity contribution in [2.24, 2.45) is 16.7 Å². The Labute approximate surface area is 106 Å². The van der Waals surface area contributed by atoms with E-state index in [1.54, 1.807) is 11.1 Å². The Kier molecular flexibility index (Phi) is 3.22. The van der Waals surface area contributed by atoms with E-state index in [9.17, 15) is 4.79 Å². The van der Waals surface area contributed by atoms with E-state index < -0.39 is 0 Å². The number of rotatable bonds is 2. The van der Waals surface area contributed by atoms with E-state index in [1.807, 2.05) is 0 Å². The molecule has 0 heterocycles. The summed E-state index contributed by atoms with van der Waals surface area (Å²) in [6.45, 7) is 9.41. The normalized spacial score (nSPS) is 36.6. The minimum Gasteiger partial charge on any atom is -0.303 e. The van der Waals surface area contributed by atoms with Crippen LogP contribution in [-0.2, 0) is 4.79 Å². The van der Waals surface area contributed by atoms with Crippen molar-refractivity contribution >= 4 is 6.29 Å². The van der Waals surface area contributed by atoms with E-state index in [1.165, 1.54) is 25.7 Å². The third kappa shape index (κ3) is 2.21. The molecule has 2 atom stereocenters. The molecule has 2 rings (SSSR count). The Morgan fingerprint density at radius 2 is 2.06 bits per heavy atom. The fourth-order valence-electron chi connectivity index (χ4n) is 3.77. The smallest absolute Gasteiger partial charge is 0.120 e. The summed E-state index contributed by atoms with van der Waals surface area (Å²) in [5.41, 5.74) is 3.98. The molecule has 0 N–H and O–H groups in total. The maximum Gasteiger partial charge on any atom is 0.120 e. The molecule has 17 heavy (non-hydrogen) atoms. The molecule has 1 nitrogen and oxygen atoms in total. The highest BCUT2D eigenvalue weighted by atomic mass is 16.1. The average Bonchev–Trinajstić information content (AvgIpc) is 2.22. The van der Waals surface area contributed by atoms with Crippen LogP contribution < -0.4 is 0 Å². The summed E-state index contributed by atoms with van der Waals surface area (Å²) in [7, 11) is 0. The van der Waals surface area contributed by atoms with Gasteiger partial charge in [0, 0.05) is 6.42 Å². The molecule has 0 amide bonds. The maximum absolute atomic E-state index is 10.9. The van der Waals surface area contributed by atoms with Gasteiger partial charge in [-0.1, -0.05) is 38.8 Å². The van der Waals surface area contributed by atoms with Gasteiger partial charge in [-0.25, -0.2) is 0 Å². The summed E-state index contributed by atoms with van der Waals surface area (Å²) in [6, 6.07) is 0. The monoisotopic (exact) mass is 234 g/mol. The topological polar surface area (TPSA) is 17.1 Å². The predicted octanol–water partition coefficient (Wildman–Crippen LogP) is 4.52. The van der Waals surface area contributed by atoms with Crippen molar-refractivity contribution in [3.05, 3.63) is 11.1 Å². The predicted molar refractivity (Wildman–Crippen MR) is 71.8 cm³/mol. The van der Waals surface area contributed by atoms with Crippen LogP contribution in [0.15, 0.2) is 11.1 Å². The zero-order valence-electron chi connectivity index (χ0n) is 11.8. The summed E-state index contributed by atoms with van der Waals surface area (Å²) in [5.74, 6) is 0.653. The molecule has 0 aromatic rings. The van der Waals surface area contributed by atoms with Crippen LogP contribution in [0, 0.1) is 16.7 Å². The van der Waals surface area contributed by atoms with Crippen molar-refractivity contribution < 1.29 is 4.79 Å². The SMILES string of the molecule is C[C@H]1CC2=C(C[C@]1(C)CC=O)C(C)(C)CCC2. The van der Waals surface area contributed by atoms with Crippen LogP contribution in [0.4, 0.5) is 0 Å². The van der Waals surface area contributed by atoms with Crippen LogP contribution in [0.2, 0.25) is 0 Å². The molecule has 2 aliphatic carbocycles. The van der Waals surface area contributed by atoms with Gasteiger partial charge in [-0.05, 0) is 48.9 Å². The number of aldehydes is 1. The van der Waals surface area contributed by atoms with Crippen molar-refractivity contribution in [2.45, 2.75) is 66.2 Å². The number of hydrogen-bond acceptors (Lipinski definition) is 1. The number of carbonyl (C=O) groups excluding carboxylic acids is 1. The van der Waals surface area contributed by atoms with Gasteiger partial charge in [-0.2, -0.15) is 0 Å². The lowest BCUT2D eigenvalue weighted by Gasteiger charge is -2.47. The lowest BCUT2D eigenvalue weighted by molar-refractivity contribution is -0.110. The molecule has 1 heteroatoms. The number of carbonyl (C=O) groups is 1. The quantitative estimate of drug-likeness (QED) is 0.507. The zero-order valence-corrected chi connectivity index (χ0v) is 11.8. The molecule has 0 spiro atoms. The van der Waals surface area contributed by atoms with Crippen molar-refractivity contribution in [3.8, 4) is 0 Å². The molecule has 0 saturated heterocycles. The lowest BCUT2D eigenvalue weighted by Crippen LogP contribution is -2.36. The summed E-state index contributed by atoms with van der Waals surface area (Å²) >= 11 is 0. The third-order valence-electron chi connectivity index (χ3n) is 5.40. The number of allylic oxidation sites excluding steroid dienone is 2. The highest BCUT2D eigenvalue weighted by Crippen LogP contribution is 2.54. The van der Waals surface area contributed by atoms with E-state index in [2.05, 4.69) is 27.7 Å². The van der Waals surface area contributed by atoms with Gasteiger partial charge in [0.15, 0.2) is 0 Å². The van der Waals surface area contributed by atoms with Crippen molar-refractivity contribution in [2.75, 3.05) is 0 Å². The first kappa shape index (κ1) is 12.9. The molecule has 0 saturated carbocycles. The van der Waals surface area contributed by atoms with Crippen LogP contribution in [0.25, 0.3) is 0 Å². The van der Waals surface area contributed by atoms with E-state index >= 15 is 0 Å². The standard InChI is InChI=1S/C16H26O/c1-12-10-13-6-5-7-15(2,3)14(13)11-16(12,4)8-9-17/h9,12H,5-8,10-11H2,1-4H3/t12-,16-/m0/s1. The van der Waals surface area contributed by atoms with Crippen LogP contribution in [-0.4, -0.2) is 6.29 Å². The van der Waals surface area contributed by atoms with E-state index in [0.717, 1.165) is 19.1 Å². The minimum absolute atomic E-state index is 0.204. The fourth-order valence-corrected chi connectivity index (χ4v) is 3.77. The van der Waals surface area contributed by atoms with Crippen LogP contribution in [0.1, 0.15) is 66.2 Å². The zero-order chi connectivity index (χ0) is 12.7. The van der Waals surface area contributed by atoms with Crippen LogP contribution >= 0.6 is 0 Å². The van der Waals surface area contributed by atoms with Gasteiger partial charge < -0.3 is 4.79 Å². The fraction of sp³-hybridized carbons (Fsp3) is 0.812. The van der Waals surface area contributed by atoms with Gasteiger partial charge >= 0.3 is 0 Å². The van der Waals surface area contributed by atoms with Gasteiger partial charge in [-0.3, -0.25) is 0 Å². The van der Waals surface area contributed by atoms with Crippen molar-refractivity contribution in [1.29, 1.82) is 0 Å². The van der Waals surface area contributed by atoms with Crippen LogP contribution in [0.5, 0.6) is 0 Å². The summed E-state index contributed by atoms with van der Waals surface area (Å²) in [5, 5.41) is 0. The summed E-state index contributed by atoms with van der Waals surface area (Å²) in [4.78, 5) is 10.9. The molecule has 96 valence electrons. The summed E-state index contributed by atoms with van der Waals surface area (Å²) < 4.78 is 0. The molecule has 0 fully saturated rings. The highest BCUT2D eigenvalue weighted by molar-refractivity contribution is 5.51. The van der Waals surface area contributed by atoms with E-state index in [0.29, 0.717) is 11.3 Å². The summed E-state index contributed by atoms with van der Waals surface area (Å²) in [6.07, 6.45) is 8.19. The maximum atomic E-state index is 10.9. The average molecular weight is 234 g/mol. The Balaban J connectivity index is 2.33. The molecular formula is C16H26O. The molecular weight excluding hydrogens is 208 g/mol. The van der Waals surface area contributed by atoms with Crippen LogP contribution in [0.3, 0.4) is 0 Å². The third-order valence-corrected chi connectivity index (χ3v) is 5.40. The molecule has 0 aromatic carbocycles. The first-order valence-corrected chi connectivity index (χ1v) is 7.04. The van der Waals surface area contributed by atoms with Gasteiger partial charge in [0.05, 0.1) is 0 Å². The minimum atomic E-state index is 0.204. The van der Waals surface area contributed by atoms with Crippen molar-refractivity contribution in [1.82, 2.24) is 0 Å². The Hall–Kier alpha value is -0.590. The molecule has 0 bridgehead atoms. The highest BCUT2D eigenvalue weighted by Gasteiger charge is 2.42.